The Bertz CT molecular complexity index is 873. The maximum absolute atomic E-state index is 12.7. The van der Waals surface area contributed by atoms with E-state index >= 15 is 0 Å². The van der Waals surface area contributed by atoms with Gasteiger partial charge < -0.3 is 25.1 Å². The third-order valence-electron chi connectivity index (χ3n) is 5.86. The lowest BCUT2D eigenvalue weighted by Crippen LogP contribution is -2.48. The fraction of sp³-hybridized carbons (Fsp3) is 0.625. The third kappa shape index (κ3) is 13.0. The lowest BCUT2D eigenvalue weighted by atomic mass is 10.1. The highest BCUT2D eigenvalue weighted by molar-refractivity contribution is 5.94. The number of nitrogens with zero attached hydrogens (tertiary/aromatic N) is 3. The molecule has 15 heteroatoms. The largest absolute Gasteiger partial charge is 0.490 e. The molecule has 0 radical (unpaired) electrons. The first-order valence-electron chi connectivity index (χ1n) is 12.2. The van der Waals surface area contributed by atoms with Crippen molar-refractivity contribution in [2.45, 2.75) is 44.5 Å². The van der Waals surface area contributed by atoms with Crippen molar-refractivity contribution in [3.63, 3.8) is 0 Å². The summed E-state index contributed by atoms with van der Waals surface area (Å²) in [7, 11) is 0. The number of rotatable bonds is 6. The number of hydrogen-bond donors (Lipinski definition) is 3. The van der Waals surface area contributed by atoms with Gasteiger partial charge in [-0.2, -0.15) is 26.3 Å². The summed E-state index contributed by atoms with van der Waals surface area (Å²) in [6.07, 6.45) is -4.41. The summed E-state index contributed by atoms with van der Waals surface area (Å²) in [6, 6.07) is 8.17. The van der Waals surface area contributed by atoms with E-state index in [2.05, 4.69) is 21.9 Å². The van der Waals surface area contributed by atoms with Crippen LogP contribution in [-0.4, -0.2) is 108 Å². The molecule has 0 atom stereocenters. The van der Waals surface area contributed by atoms with Gasteiger partial charge in [0.1, 0.15) is 0 Å². The van der Waals surface area contributed by atoms with Gasteiger partial charge in [0, 0.05) is 57.1 Å². The van der Waals surface area contributed by atoms with Crippen molar-refractivity contribution in [2.75, 3.05) is 57.3 Å². The average Bonchev–Trinajstić information content (AvgIpc) is 2.89. The molecule has 2 aliphatic heterocycles. The average molecular weight is 574 g/mol. The number of aliphatic hydroxyl groups excluding tert-OH is 1. The molecule has 0 aliphatic carbocycles. The number of halogens is 6. The first-order chi connectivity index (χ1) is 18.2. The van der Waals surface area contributed by atoms with E-state index in [0.717, 1.165) is 64.2 Å². The van der Waals surface area contributed by atoms with Crippen LogP contribution >= 0.6 is 0 Å². The van der Waals surface area contributed by atoms with Gasteiger partial charge in [-0.1, -0.05) is 0 Å². The monoisotopic (exact) mass is 573 g/mol. The Morgan fingerprint density at radius 1 is 0.718 bits per heavy atom. The summed E-state index contributed by atoms with van der Waals surface area (Å²) in [6.45, 7) is 7.01. The highest BCUT2D eigenvalue weighted by Gasteiger charge is 2.38. The zero-order chi connectivity index (χ0) is 29.6. The fourth-order valence-electron chi connectivity index (χ4n) is 3.77. The number of amides is 1. The van der Waals surface area contributed by atoms with Crippen molar-refractivity contribution < 1.29 is 56.0 Å². The van der Waals surface area contributed by atoms with E-state index in [4.69, 9.17) is 24.9 Å². The van der Waals surface area contributed by atoms with E-state index in [-0.39, 0.29) is 12.5 Å². The second-order valence-electron chi connectivity index (χ2n) is 8.76. The minimum Gasteiger partial charge on any atom is -0.475 e. The zero-order valence-corrected chi connectivity index (χ0v) is 21.2. The number of anilines is 1. The van der Waals surface area contributed by atoms with Crippen LogP contribution < -0.4 is 4.90 Å². The van der Waals surface area contributed by atoms with Crippen molar-refractivity contribution in [3.05, 3.63) is 29.8 Å². The SMILES string of the molecule is O=C(O)C(F)(F)F.O=C(O)C(F)(F)F.O=C(c1ccc(N2CCCCC2)cc1)N1CCN(CCCCO)CC1. The normalized spacial score (nSPS) is 16.4. The molecule has 2 saturated heterocycles. The second-order valence-corrected chi connectivity index (χ2v) is 8.76. The van der Waals surface area contributed by atoms with Gasteiger partial charge >= 0.3 is 24.3 Å². The van der Waals surface area contributed by atoms with Crippen LogP contribution in [0.5, 0.6) is 0 Å². The molecule has 9 nitrogen and oxygen atoms in total. The molecule has 3 rings (SSSR count). The van der Waals surface area contributed by atoms with Gasteiger partial charge in [0.25, 0.3) is 5.91 Å². The lowest BCUT2D eigenvalue weighted by Gasteiger charge is -2.35. The van der Waals surface area contributed by atoms with Crippen LogP contribution in [0.15, 0.2) is 24.3 Å². The van der Waals surface area contributed by atoms with Gasteiger partial charge in [-0.3, -0.25) is 9.69 Å². The number of carbonyl (C=O) groups is 3. The topological polar surface area (TPSA) is 122 Å². The molecule has 0 unspecified atom stereocenters. The number of carbonyl (C=O) groups excluding carboxylic acids is 1. The highest BCUT2D eigenvalue weighted by atomic mass is 19.4. The van der Waals surface area contributed by atoms with Gasteiger partial charge in [0.05, 0.1) is 0 Å². The summed E-state index contributed by atoms with van der Waals surface area (Å²) >= 11 is 0. The minimum atomic E-state index is -5.08. The van der Waals surface area contributed by atoms with Gasteiger partial charge in [-0.15, -0.1) is 0 Å². The lowest BCUT2D eigenvalue weighted by molar-refractivity contribution is -0.193. The first kappa shape index (κ1) is 34.0. The highest BCUT2D eigenvalue weighted by Crippen LogP contribution is 2.21. The van der Waals surface area contributed by atoms with Gasteiger partial charge in [-0.25, -0.2) is 9.59 Å². The summed E-state index contributed by atoms with van der Waals surface area (Å²) in [5, 5.41) is 23.1. The number of benzene rings is 1. The van der Waals surface area contributed by atoms with Crippen LogP contribution in [0, 0.1) is 0 Å². The molecule has 1 amide bonds. The van der Waals surface area contributed by atoms with E-state index in [9.17, 15) is 31.1 Å². The molecule has 0 bridgehead atoms. The molecule has 3 N–H and O–H groups in total. The summed E-state index contributed by atoms with van der Waals surface area (Å²) in [4.78, 5) is 37.3. The Hall–Kier alpha value is -3.07. The minimum absolute atomic E-state index is 0.153. The van der Waals surface area contributed by atoms with Crippen LogP contribution in [0.1, 0.15) is 42.5 Å². The van der Waals surface area contributed by atoms with Crippen molar-refractivity contribution in [2.24, 2.45) is 0 Å². The smallest absolute Gasteiger partial charge is 0.475 e. The molecule has 2 aliphatic rings. The van der Waals surface area contributed by atoms with E-state index in [1.54, 1.807) is 0 Å². The van der Waals surface area contributed by atoms with Crippen LogP contribution in [0.25, 0.3) is 0 Å². The number of piperazine rings is 1. The third-order valence-corrected chi connectivity index (χ3v) is 5.86. The Kier molecular flexibility index (Phi) is 14.0. The van der Waals surface area contributed by atoms with E-state index < -0.39 is 24.3 Å². The standard InChI is InChI=1S/C20H31N3O2.2C2HF3O2/c24-17-5-4-10-21-13-15-23(16-14-21)20(25)18-6-8-19(9-7-18)22-11-2-1-3-12-22;2*3-2(4,5)1(6)7/h6-9,24H,1-5,10-17H2;2*(H,6,7). The summed E-state index contributed by atoms with van der Waals surface area (Å²) in [5.74, 6) is -5.36. The molecule has 2 heterocycles. The zero-order valence-electron chi connectivity index (χ0n) is 21.2. The second kappa shape index (κ2) is 16.1. The number of hydrogen-bond acceptors (Lipinski definition) is 6. The molecule has 2 fully saturated rings. The molecule has 39 heavy (non-hydrogen) atoms. The van der Waals surface area contributed by atoms with E-state index in [1.165, 1.54) is 24.9 Å². The van der Waals surface area contributed by atoms with Crippen molar-refractivity contribution in [3.8, 4) is 0 Å². The predicted molar refractivity (Wildman–Crippen MR) is 129 cm³/mol. The van der Waals surface area contributed by atoms with E-state index in [0.29, 0.717) is 0 Å². The van der Waals surface area contributed by atoms with Crippen LogP contribution in [0.2, 0.25) is 0 Å². The Morgan fingerprint density at radius 3 is 1.59 bits per heavy atom. The molecule has 0 spiro atoms. The molecule has 0 aromatic heterocycles. The quantitative estimate of drug-likeness (QED) is 0.350. The molecular weight excluding hydrogens is 540 g/mol. The summed E-state index contributed by atoms with van der Waals surface area (Å²) < 4.78 is 63.5. The Labute approximate surface area is 221 Å². The molecule has 0 saturated carbocycles. The van der Waals surface area contributed by atoms with Gasteiger partial charge in [0.15, 0.2) is 0 Å². The predicted octanol–water partition coefficient (Wildman–Crippen LogP) is 3.47. The molecule has 1 aromatic carbocycles. The fourth-order valence-corrected chi connectivity index (χ4v) is 3.77. The van der Waals surface area contributed by atoms with Crippen LogP contribution in [0.3, 0.4) is 0 Å². The van der Waals surface area contributed by atoms with E-state index in [1.807, 2.05) is 17.0 Å². The van der Waals surface area contributed by atoms with Gasteiger partial charge in [0.2, 0.25) is 0 Å². The van der Waals surface area contributed by atoms with Crippen molar-refractivity contribution in [1.82, 2.24) is 9.80 Å². The Morgan fingerprint density at radius 2 is 1.18 bits per heavy atom. The molecule has 222 valence electrons. The van der Waals surface area contributed by atoms with Crippen molar-refractivity contribution >= 4 is 23.5 Å². The van der Waals surface area contributed by atoms with Crippen molar-refractivity contribution in [1.29, 1.82) is 0 Å². The Balaban J connectivity index is 0.000000449. The van der Waals surface area contributed by atoms with Crippen LogP contribution in [0.4, 0.5) is 32.0 Å². The number of unbranched alkanes of at least 4 members (excludes halogenated alkanes) is 1. The van der Waals surface area contributed by atoms with Gasteiger partial charge in [-0.05, 0) is 62.9 Å². The number of alkyl halides is 6. The summed E-state index contributed by atoms with van der Waals surface area (Å²) in [5.41, 5.74) is 2.04. The number of aliphatic hydroxyl groups is 1. The number of aliphatic carboxylic acids is 2. The first-order valence-corrected chi connectivity index (χ1v) is 12.2. The molecule has 1 aromatic rings. The number of piperidine rings is 1. The van der Waals surface area contributed by atoms with Crippen LogP contribution in [-0.2, 0) is 9.59 Å². The number of carboxylic acid groups (broad SMARTS) is 2. The molecular formula is C24H33F6N3O6. The maximum Gasteiger partial charge on any atom is 0.490 e. The number of carboxylic acids is 2. The maximum atomic E-state index is 12.7.